The van der Waals surface area contributed by atoms with Crippen molar-refractivity contribution in [3.63, 3.8) is 0 Å². The lowest BCUT2D eigenvalue weighted by Crippen LogP contribution is -2.32. The molecule has 0 amide bonds. The normalized spacial score (nSPS) is 33.8. The first-order chi connectivity index (χ1) is 6.75. The highest BCUT2D eigenvalue weighted by atomic mass is 16.1. The Labute approximate surface area is 86.2 Å². The van der Waals surface area contributed by atoms with Gasteiger partial charge >= 0.3 is 0 Å². The molecule has 0 radical (unpaired) electrons. The Morgan fingerprint density at radius 1 is 1.14 bits per heavy atom. The van der Waals surface area contributed by atoms with Gasteiger partial charge in [-0.25, -0.2) is 0 Å². The number of ketones is 1. The Balaban J connectivity index is 1.77. The molecule has 0 aromatic carbocycles. The van der Waals surface area contributed by atoms with Gasteiger partial charge in [0.05, 0.1) is 0 Å². The number of hydrogen-bond donors (Lipinski definition) is 1. The molecule has 2 aliphatic carbocycles. The largest absolute Gasteiger partial charge is 0.328 e. The minimum Gasteiger partial charge on any atom is -0.328 e. The van der Waals surface area contributed by atoms with E-state index in [1.807, 2.05) is 0 Å². The lowest BCUT2D eigenvalue weighted by molar-refractivity contribution is -0.125. The number of Topliss-reactive ketones (excluding diaryl/α,β-unsaturated/α-hetero) is 1. The molecule has 2 nitrogen and oxygen atoms in total. The first-order valence-corrected chi connectivity index (χ1v) is 6.04. The Kier molecular flexibility index (Phi) is 3.22. The number of rotatable bonds is 3. The highest BCUT2D eigenvalue weighted by Crippen LogP contribution is 2.33. The molecule has 2 rings (SSSR count). The van der Waals surface area contributed by atoms with Gasteiger partial charge in [0, 0.05) is 18.4 Å². The number of carbonyl (C=O) groups is 1. The van der Waals surface area contributed by atoms with E-state index in [0.717, 1.165) is 38.0 Å². The molecule has 2 unspecified atom stereocenters. The van der Waals surface area contributed by atoms with Crippen LogP contribution in [0.1, 0.15) is 51.4 Å². The molecule has 2 heteroatoms. The van der Waals surface area contributed by atoms with Crippen LogP contribution in [0.4, 0.5) is 0 Å². The van der Waals surface area contributed by atoms with Crippen molar-refractivity contribution in [3.8, 4) is 0 Å². The maximum Gasteiger partial charge on any atom is 0.136 e. The second-order valence-corrected chi connectivity index (χ2v) is 5.09. The van der Waals surface area contributed by atoms with Crippen molar-refractivity contribution in [2.75, 3.05) is 0 Å². The fourth-order valence-corrected chi connectivity index (χ4v) is 2.67. The zero-order valence-electron chi connectivity index (χ0n) is 8.87. The van der Waals surface area contributed by atoms with Gasteiger partial charge in [-0.15, -0.1) is 0 Å². The minimum absolute atomic E-state index is 0.291. The summed E-state index contributed by atoms with van der Waals surface area (Å²) in [5, 5.41) is 0. The minimum atomic E-state index is 0.291. The monoisotopic (exact) mass is 195 g/mol. The van der Waals surface area contributed by atoms with Crippen LogP contribution in [0.15, 0.2) is 0 Å². The summed E-state index contributed by atoms with van der Waals surface area (Å²) in [6.45, 7) is 0. The van der Waals surface area contributed by atoms with Crippen molar-refractivity contribution in [2.24, 2.45) is 17.6 Å². The highest BCUT2D eigenvalue weighted by Gasteiger charge is 2.28. The zero-order valence-corrected chi connectivity index (χ0v) is 8.87. The predicted octanol–water partition coefficient (Wildman–Crippen LogP) is 2.26. The lowest BCUT2D eigenvalue weighted by Gasteiger charge is -2.29. The maximum atomic E-state index is 11.9. The zero-order chi connectivity index (χ0) is 9.97. The molecule has 0 saturated heterocycles. The van der Waals surface area contributed by atoms with Crippen molar-refractivity contribution in [2.45, 2.75) is 57.4 Å². The fourth-order valence-electron chi connectivity index (χ4n) is 2.67. The van der Waals surface area contributed by atoms with E-state index in [1.165, 1.54) is 19.3 Å². The molecule has 0 aromatic rings. The third kappa shape index (κ3) is 2.35. The van der Waals surface area contributed by atoms with Crippen LogP contribution < -0.4 is 5.73 Å². The molecule has 0 spiro atoms. The van der Waals surface area contributed by atoms with Gasteiger partial charge in [-0.3, -0.25) is 4.79 Å². The van der Waals surface area contributed by atoms with E-state index in [9.17, 15) is 4.79 Å². The summed E-state index contributed by atoms with van der Waals surface area (Å²) in [4.78, 5) is 11.9. The van der Waals surface area contributed by atoms with Gasteiger partial charge in [0.25, 0.3) is 0 Å². The van der Waals surface area contributed by atoms with E-state index in [4.69, 9.17) is 5.73 Å². The van der Waals surface area contributed by atoms with Gasteiger partial charge in [-0.1, -0.05) is 25.7 Å². The molecule has 14 heavy (non-hydrogen) atoms. The molecule has 0 bridgehead atoms. The lowest BCUT2D eigenvalue weighted by atomic mass is 9.76. The molecule has 80 valence electrons. The molecule has 0 aliphatic heterocycles. The van der Waals surface area contributed by atoms with Crippen LogP contribution in [0.2, 0.25) is 0 Å². The first-order valence-electron chi connectivity index (χ1n) is 6.04. The van der Waals surface area contributed by atoms with Crippen LogP contribution in [0.5, 0.6) is 0 Å². The summed E-state index contributed by atoms with van der Waals surface area (Å²) in [5.41, 5.74) is 5.89. The van der Waals surface area contributed by atoms with Crippen LogP contribution in [0.3, 0.4) is 0 Å². The van der Waals surface area contributed by atoms with E-state index < -0.39 is 0 Å². The van der Waals surface area contributed by atoms with Crippen molar-refractivity contribution < 1.29 is 4.79 Å². The summed E-state index contributed by atoms with van der Waals surface area (Å²) in [5.74, 6) is 1.53. The topological polar surface area (TPSA) is 43.1 Å². The van der Waals surface area contributed by atoms with E-state index in [2.05, 4.69) is 0 Å². The molecule has 2 saturated carbocycles. The highest BCUT2D eigenvalue weighted by molar-refractivity contribution is 5.81. The van der Waals surface area contributed by atoms with Crippen LogP contribution in [-0.4, -0.2) is 11.8 Å². The fraction of sp³-hybridized carbons (Fsp3) is 0.917. The third-order valence-corrected chi connectivity index (χ3v) is 3.88. The van der Waals surface area contributed by atoms with E-state index in [1.54, 1.807) is 0 Å². The smallest absolute Gasteiger partial charge is 0.136 e. The van der Waals surface area contributed by atoms with E-state index >= 15 is 0 Å². The first kappa shape index (κ1) is 10.2. The van der Waals surface area contributed by atoms with Gasteiger partial charge in [-0.2, -0.15) is 0 Å². The van der Waals surface area contributed by atoms with Gasteiger partial charge < -0.3 is 5.73 Å². The molecular formula is C12H21NO. The van der Waals surface area contributed by atoms with Crippen LogP contribution >= 0.6 is 0 Å². The van der Waals surface area contributed by atoms with Gasteiger partial charge in [0.2, 0.25) is 0 Å². The number of nitrogens with two attached hydrogens (primary N) is 1. The van der Waals surface area contributed by atoms with Crippen molar-refractivity contribution in [3.05, 3.63) is 0 Å². The summed E-state index contributed by atoms with van der Waals surface area (Å²) in [6.07, 6.45) is 9.06. The van der Waals surface area contributed by atoms with E-state index in [0.29, 0.717) is 17.7 Å². The summed E-state index contributed by atoms with van der Waals surface area (Å²) in [6, 6.07) is 0.291. The van der Waals surface area contributed by atoms with Gasteiger partial charge in [0.1, 0.15) is 5.78 Å². The molecule has 0 heterocycles. The predicted molar refractivity (Wildman–Crippen MR) is 56.9 cm³/mol. The summed E-state index contributed by atoms with van der Waals surface area (Å²) < 4.78 is 0. The Morgan fingerprint density at radius 3 is 2.43 bits per heavy atom. The molecule has 2 fully saturated rings. The molecule has 0 aromatic heterocycles. The molecule has 2 aliphatic rings. The second kappa shape index (κ2) is 4.43. The van der Waals surface area contributed by atoms with Gasteiger partial charge in [0.15, 0.2) is 0 Å². The molecule has 2 N–H and O–H groups in total. The average molecular weight is 195 g/mol. The Hall–Kier alpha value is -0.370. The van der Waals surface area contributed by atoms with Gasteiger partial charge in [-0.05, 0) is 25.2 Å². The Bertz CT molecular complexity index is 210. The second-order valence-electron chi connectivity index (χ2n) is 5.09. The number of carbonyl (C=O) groups excluding carboxylic acids is 1. The average Bonchev–Trinajstić information content (AvgIpc) is 2.11. The van der Waals surface area contributed by atoms with Crippen molar-refractivity contribution in [1.29, 1.82) is 0 Å². The van der Waals surface area contributed by atoms with Crippen LogP contribution in [-0.2, 0) is 4.79 Å². The summed E-state index contributed by atoms with van der Waals surface area (Å²) >= 11 is 0. The quantitative estimate of drug-likeness (QED) is 0.750. The standard InChI is InChI=1S/C12H21NO/c13-11-6-2-5-10(8-11)12(14)7-9-3-1-4-9/h9-11H,1-8,13H2. The third-order valence-electron chi connectivity index (χ3n) is 3.88. The SMILES string of the molecule is NC1CCCC(C(=O)CC2CCC2)C1. The number of hydrogen-bond acceptors (Lipinski definition) is 2. The van der Waals surface area contributed by atoms with Crippen molar-refractivity contribution in [1.82, 2.24) is 0 Å². The maximum absolute atomic E-state index is 11.9. The van der Waals surface area contributed by atoms with Crippen LogP contribution in [0.25, 0.3) is 0 Å². The van der Waals surface area contributed by atoms with Crippen LogP contribution in [0, 0.1) is 11.8 Å². The molecule has 2 atom stereocenters. The van der Waals surface area contributed by atoms with Crippen molar-refractivity contribution >= 4 is 5.78 Å². The van der Waals surface area contributed by atoms with E-state index in [-0.39, 0.29) is 0 Å². The molecular weight excluding hydrogens is 174 g/mol. The summed E-state index contributed by atoms with van der Waals surface area (Å²) in [7, 11) is 0. The Morgan fingerprint density at radius 2 is 1.86 bits per heavy atom.